The van der Waals surface area contributed by atoms with E-state index in [0.717, 1.165) is 5.69 Å². The maximum Gasteiger partial charge on any atom is 0.0647 e. The Morgan fingerprint density at radius 2 is 2.45 bits per heavy atom. The van der Waals surface area contributed by atoms with Crippen LogP contribution in [0.4, 0.5) is 5.69 Å². The molecule has 0 radical (unpaired) electrons. The Hall–Kier alpha value is -1.35. The van der Waals surface area contributed by atoms with Crippen molar-refractivity contribution in [2.75, 3.05) is 12.3 Å². The van der Waals surface area contributed by atoms with Crippen LogP contribution < -0.4 is 5.73 Å². The number of aliphatic hydroxyl groups excluding tert-OH is 1. The summed E-state index contributed by atoms with van der Waals surface area (Å²) in [5.41, 5.74) is 6.94. The first-order valence-corrected chi connectivity index (χ1v) is 3.32. The van der Waals surface area contributed by atoms with E-state index in [2.05, 4.69) is 4.98 Å². The van der Waals surface area contributed by atoms with Crippen molar-refractivity contribution < 1.29 is 5.11 Å². The van der Waals surface area contributed by atoms with Crippen LogP contribution in [-0.2, 0) is 0 Å². The molecule has 3 N–H and O–H groups in total. The van der Waals surface area contributed by atoms with E-state index < -0.39 is 0 Å². The van der Waals surface area contributed by atoms with Gasteiger partial charge in [-0.2, -0.15) is 0 Å². The smallest absolute Gasteiger partial charge is 0.0647 e. The Balaban J connectivity index is 2.79. The molecule has 0 spiro atoms. The minimum Gasteiger partial charge on any atom is -0.399 e. The molecule has 3 nitrogen and oxygen atoms in total. The summed E-state index contributed by atoms with van der Waals surface area (Å²) >= 11 is 0. The van der Waals surface area contributed by atoms with Crippen molar-refractivity contribution in [3.05, 3.63) is 30.1 Å². The van der Waals surface area contributed by atoms with Crippen LogP contribution in [0.15, 0.2) is 24.4 Å². The van der Waals surface area contributed by atoms with Crippen molar-refractivity contribution in [1.29, 1.82) is 0 Å². The van der Waals surface area contributed by atoms with Gasteiger partial charge in [0.25, 0.3) is 0 Å². The number of anilines is 1. The highest BCUT2D eigenvalue weighted by atomic mass is 16.2. The molecular weight excluding hydrogens is 140 g/mol. The molecule has 1 rings (SSSR count). The minimum atomic E-state index is 0.0243. The van der Waals surface area contributed by atoms with Crippen LogP contribution in [0, 0.1) is 0 Å². The summed E-state index contributed by atoms with van der Waals surface area (Å²) in [7, 11) is 0. The van der Waals surface area contributed by atoms with Crippen LogP contribution in [0.5, 0.6) is 0 Å². The van der Waals surface area contributed by atoms with Gasteiger partial charge in [-0.1, -0.05) is 6.08 Å². The monoisotopic (exact) mass is 150 g/mol. The lowest BCUT2D eigenvalue weighted by atomic mass is 10.3. The molecule has 0 aliphatic rings. The summed E-state index contributed by atoms with van der Waals surface area (Å²) in [6, 6.07) is 3.46. The first-order chi connectivity index (χ1) is 5.33. The van der Waals surface area contributed by atoms with E-state index in [0.29, 0.717) is 5.69 Å². The summed E-state index contributed by atoms with van der Waals surface area (Å²) < 4.78 is 0. The highest BCUT2D eigenvalue weighted by Crippen LogP contribution is 2.03. The fourth-order valence-corrected chi connectivity index (χ4v) is 0.730. The van der Waals surface area contributed by atoms with Crippen LogP contribution in [0.25, 0.3) is 6.08 Å². The quantitative estimate of drug-likeness (QED) is 0.651. The van der Waals surface area contributed by atoms with Gasteiger partial charge >= 0.3 is 0 Å². The van der Waals surface area contributed by atoms with Gasteiger partial charge in [0.1, 0.15) is 0 Å². The summed E-state index contributed by atoms with van der Waals surface area (Å²) in [5.74, 6) is 0. The third-order valence-electron chi connectivity index (χ3n) is 1.20. The van der Waals surface area contributed by atoms with Crippen LogP contribution in [0.3, 0.4) is 0 Å². The molecule has 0 atom stereocenters. The Labute approximate surface area is 65.2 Å². The number of rotatable bonds is 2. The molecule has 0 aromatic carbocycles. The number of pyridine rings is 1. The molecule has 0 fully saturated rings. The van der Waals surface area contributed by atoms with Crippen molar-refractivity contribution >= 4 is 11.8 Å². The van der Waals surface area contributed by atoms with Crippen LogP contribution in [0.2, 0.25) is 0 Å². The molecule has 0 aliphatic heterocycles. The molecule has 0 saturated heterocycles. The maximum atomic E-state index is 8.45. The van der Waals surface area contributed by atoms with Gasteiger partial charge in [0, 0.05) is 11.9 Å². The van der Waals surface area contributed by atoms with Gasteiger partial charge in [-0.25, -0.2) is 0 Å². The average Bonchev–Trinajstić information content (AvgIpc) is 2.01. The fourth-order valence-electron chi connectivity index (χ4n) is 0.730. The van der Waals surface area contributed by atoms with Gasteiger partial charge in [0.15, 0.2) is 0 Å². The van der Waals surface area contributed by atoms with Crippen LogP contribution in [0.1, 0.15) is 5.69 Å². The van der Waals surface area contributed by atoms with Crippen molar-refractivity contribution in [3.63, 3.8) is 0 Å². The third kappa shape index (κ3) is 2.39. The molecule has 3 heteroatoms. The molecule has 1 heterocycles. The molecular formula is C8H10N2O. The van der Waals surface area contributed by atoms with E-state index >= 15 is 0 Å². The summed E-state index contributed by atoms with van der Waals surface area (Å²) in [6.45, 7) is 0.0243. The van der Waals surface area contributed by atoms with Gasteiger partial charge < -0.3 is 10.8 Å². The molecule has 11 heavy (non-hydrogen) atoms. The van der Waals surface area contributed by atoms with E-state index in [1.165, 1.54) is 0 Å². The zero-order chi connectivity index (χ0) is 8.10. The molecule has 1 aromatic rings. The summed E-state index contributed by atoms with van der Waals surface area (Å²) in [4.78, 5) is 4.00. The van der Waals surface area contributed by atoms with Crippen molar-refractivity contribution in [2.24, 2.45) is 0 Å². The molecule has 58 valence electrons. The van der Waals surface area contributed by atoms with E-state index in [9.17, 15) is 0 Å². The zero-order valence-corrected chi connectivity index (χ0v) is 6.07. The molecule has 0 saturated carbocycles. The number of nitrogens with zero attached hydrogens (tertiary/aromatic N) is 1. The normalized spacial score (nSPS) is 10.6. The standard InChI is InChI=1S/C8H10N2O/c9-7-3-4-10-8(6-7)2-1-5-11/h1-4,6,11H,5H2,(H2,9,10). The fraction of sp³-hybridized carbons (Fsp3) is 0.125. The summed E-state index contributed by atoms with van der Waals surface area (Å²) in [5, 5.41) is 8.45. The highest BCUT2D eigenvalue weighted by molar-refractivity contribution is 5.51. The first kappa shape index (κ1) is 7.75. The number of aromatic nitrogens is 1. The number of aliphatic hydroxyl groups is 1. The van der Waals surface area contributed by atoms with Crippen LogP contribution in [-0.4, -0.2) is 16.7 Å². The number of nitrogens with two attached hydrogens (primary N) is 1. The lowest BCUT2D eigenvalue weighted by Gasteiger charge is -1.93. The lowest BCUT2D eigenvalue weighted by Crippen LogP contribution is -1.87. The van der Waals surface area contributed by atoms with Crippen molar-refractivity contribution in [3.8, 4) is 0 Å². The molecule has 0 unspecified atom stereocenters. The zero-order valence-electron chi connectivity index (χ0n) is 6.07. The van der Waals surface area contributed by atoms with Gasteiger partial charge in [-0.15, -0.1) is 0 Å². The Bertz CT molecular complexity index is 258. The Kier molecular flexibility index (Phi) is 2.63. The average molecular weight is 150 g/mol. The second kappa shape index (κ2) is 3.73. The number of hydrogen-bond donors (Lipinski definition) is 2. The molecule has 0 aliphatic carbocycles. The van der Waals surface area contributed by atoms with E-state index in [4.69, 9.17) is 10.8 Å². The first-order valence-electron chi connectivity index (χ1n) is 3.32. The SMILES string of the molecule is Nc1ccnc(C=CCO)c1. The lowest BCUT2D eigenvalue weighted by molar-refractivity contribution is 0.343. The van der Waals surface area contributed by atoms with Gasteiger partial charge in [0.2, 0.25) is 0 Å². The molecule has 1 aromatic heterocycles. The second-order valence-electron chi connectivity index (χ2n) is 2.10. The number of nitrogen functional groups attached to an aromatic ring is 1. The Morgan fingerprint density at radius 1 is 1.64 bits per heavy atom. The third-order valence-corrected chi connectivity index (χ3v) is 1.20. The predicted octanol–water partition coefficient (Wildman–Crippen LogP) is 0.669. The van der Waals surface area contributed by atoms with Crippen molar-refractivity contribution in [2.45, 2.75) is 0 Å². The van der Waals surface area contributed by atoms with E-state index in [-0.39, 0.29) is 6.61 Å². The van der Waals surface area contributed by atoms with Gasteiger partial charge in [0.05, 0.1) is 12.3 Å². The predicted molar refractivity (Wildman–Crippen MR) is 44.8 cm³/mol. The topological polar surface area (TPSA) is 59.1 Å². The van der Waals surface area contributed by atoms with E-state index in [1.807, 2.05) is 0 Å². The van der Waals surface area contributed by atoms with Crippen LogP contribution >= 0.6 is 0 Å². The minimum absolute atomic E-state index is 0.0243. The highest BCUT2D eigenvalue weighted by Gasteiger charge is 1.87. The number of hydrogen-bond acceptors (Lipinski definition) is 3. The molecule has 0 amide bonds. The largest absolute Gasteiger partial charge is 0.399 e. The van der Waals surface area contributed by atoms with Gasteiger partial charge in [-0.3, -0.25) is 4.98 Å². The second-order valence-corrected chi connectivity index (χ2v) is 2.10. The Morgan fingerprint density at radius 3 is 3.09 bits per heavy atom. The summed E-state index contributed by atoms with van der Waals surface area (Å²) in [6.07, 6.45) is 4.96. The van der Waals surface area contributed by atoms with E-state index in [1.54, 1.807) is 30.5 Å². The maximum absolute atomic E-state index is 8.45. The van der Waals surface area contributed by atoms with Gasteiger partial charge in [-0.05, 0) is 18.2 Å². The molecule has 0 bridgehead atoms. The van der Waals surface area contributed by atoms with Crippen molar-refractivity contribution in [1.82, 2.24) is 4.98 Å².